The molecule has 4 aromatic rings. The van der Waals surface area contributed by atoms with Crippen LogP contribution in [0.4, 0.5) is 5.69 Å². The third kappa shape index (κ3) is 3.53. The van der Waals surface area contributed by atoms with Crippen LogP contribution >= 0.6 is 11.6 Å². The minimum atomic E-state index is -0.228. The fourth-order valence-corrected chi connectivity index (χ4v) is 4.08. The molecule has 0 fully saturated rings. The van der Waals surface area contributed by atoms with Crippen LogP contribution < -0.4 is 14.8 Å². The van der Waals surface area contributed by atoms with Gasteiger partial charge in [-0.3, -0.25) is 0 Å². The molecule has 32 heavy (non-hydrogen) atoms. The lowest BCUT2D eigenvalue weighted by atomic mass is 10.0. The first-order valence-corrected chi connectivity index (χ1v) is 10.4. The second kappa shape index (κ2) is 8.29. The Morgan fingerprint density at radius 1 is 1.09 bits per heavy atom. The average Bonchev–Trinajstić information content (AvgIpc) is 3.32. The Morgan fingerprint density at radius 2 is 1.97 bits per heavy atom. The van der Waals surface area contributed by atoms with Crippen molar-refractivity contribution in [2.24, 2.45) is 0 Å². The summed E-state index contributed by atoms with van der Waals surface area (Å²) < 4.78 is 13.5. The van der Waals surface area contributed by atoms with E-state index >= 15 is 0 Å². The smallest absolute Gasteiger partial charge is 0.161 e. The monoisotopic (exact) mass is 442 g/mol. The van der Waals surface area contributed by atoms with Crippen molar-refractivity contribution in [1.29, 1.82) is 5.26 Å². The molecule has 0 aliphatic carbocycles. The molecule has 2 heterocycles. The van der Waals surface area contributed by atoms with Crippen molar-refractivity contribution in [3.63, 3.8) is 0 Å². The number of hydrogen-bond donors (Lipinski definition) is 1. The van der Waals surface area contributed by atoms with E-state index in [2.05, 4.69) is 16.5 Å². The normalized spacial score (nSPS) is 14.0. The maximum atomic E-state index is 9.29. The van der Waals surface area contributed by atoms with Crippen molar-refractivity contribution >= 4 is 17.3 Å². The molecule has 0 saturated carbocycles. The molecule has 5 rings (SSSR count). The molecule has 0 radical (unpaired) electrons. The Morgan fingerprint density at radius 3 is 2.81 bits per heavy atom. The maximum Gasteiger partial charge on any atom is 0.161 e. The minimum Gasteiger partial charge on any atom is -0.493 e. The Balaban J connectivity index is 1.45. The number of rotatable bonds is 5. The van der Waals surface area contributed by atoms with E-state index in [0.29, 0.717) is 22.1 Å². The Bertz CT molecular complexity index is 1340. The van der Waals surface area contributed by atoms with Crippen LogP contribution in [-0.2, 0) is 6.61 Å². The van der Waals surface area contributed by atoms with Crippen molar-refractivity contribution in [2.75, 3.05) is 12.4 Å². The fourth-order valence-electron chi connectivity index (χ4n) is 3.91. The van der Waals surface area contributed by atoms with Crippen LogP contribution in [-0.4, -0.2) is 16.9 Å². The number of ether oxygens (including phenoxy) is 2. The molecule has 7 heteroatoms. The molecule has 0 bridgehead atoms. The second-order valence-electron chi connectivity index (χ2n) is 7.37. The van der Waals surface area contributed by atoms with Gasteiger partial charge in [0.1, 0.15) is 12.8 Å². The lowest BCUT2D eigenvalue weighted by molar-refractivity contribution is 0.284. The SMILES string of the molecule is COc1cc([C@H]2Nc3cc(Cl)ccc3-c3ccnn32)ccc1OCc1ccccc1C#N. The molecular formula is C25H19ClN4O2. The van der Waals surface area contributed by atoms with Gasteiger partial charge in [0, 0.05) is 33.6 Å². The maximum absolute atomic E-state index is 9.29. The highest BCUT2D eigenvalue weighted by Crippen LogP contribution is 2.40. The highest BCUT2D eigenvalue weighted by molar-refractivity contribution is 6.31. The number of hydrogen-bond acceptors (Lipinski definition) is 5. The summed E-state index contributed by atoms with van der Waals surface area (Å²) in [5.74, 6) is 1.20. The van der Waals surface area contributed by atoms with Gasteiger partial charge in [-0.2, -0.15) is 10.4 Å². The fraction of sp³-hybridized carbons (Fsp3) is 0.120. The van der Waals surface area contributed by atoms with Gasteiger partial charge >= 0.3 is 0 Å². The van der Waals surface area contributed by atoms with Gasteiger partial charge in [-0.05, 0) is 42.5 Å². The van der Waals surface area contributed by atoms with Crippen LogP contribution in [0.5, 0.6) is 11.5 Å². The van der Waals surface area contributed by atoms with Crippen molar-refractivity contribution in [2.45, 2.75) is 12.8 Å². The molecule has 158 valence electrons. The molecule has 1 atom stereocenters. The molecule has 0 saturated heterocycles. The van der Waals surface area contributed by atoms with E-state index < -0.39 is 0 Å². The van der Waals surface area contributed by atoms with Crippen molar-refractivity contribution in [3.8, 4) is 28.8 Å². The number of halogens is 1. The second-order valence-corrected chi connectivity index (χ2v) is 7.80. The van der Waals surface area contributed by atoms with E-state index in [1.165, 1.54) is 0 Å². The predicted octanol–water partition coefficient (Wildman–Crippen LogP) is 5.64. The van der Waals surface area contributed by atoms with Crippen LogP contribution in [0.3, 0.4) is 0 Å². The van der Waals surface area contributed by atoms with Gasteiger partial charge in [-0.25, -0.2) is 4.68 Å². The molecule has 0 unspecified atom stereocenters. The average molecular weight is 443 g/mol. The number of nitriles is 1. The first-order valence-electron chi connectivity index (χ1n) is 10.1. The summed E-state index contributed by atoms with van der Waals surface area (Å²) in [6.45, 7) is 0.274. The summed E-state index contributed by atoms with van der Waals surface area (Å²) in [4.78, 5) is 0. The molecular weight excluding hydrogens is 424 g/mol. The zero-order valence-corrected chi connectivity index (χ0v) is 18.0. The van der Waals surface area contributed by atoms with Crippen molar-refractivity contribution in [1.82, 2.24) is 9.78 Å². The predicted molar refractivity (Wildman–Crippen MR) is 123 cm³/mol. The molecule has 1 aromatic heterocycles. The standard InChI is InChI=1S/C25H19ClN4O2/c1-31-24-12-16(6-9-23(24)32-15-18-5-3-2-4-17(18)14-27)25-29-21-13-19(26)7-8-20(21)22-10-11-28-30(22)25/h2-13,25,29H,15H2,1H3/t25-/m0/s1. The topological polar surface area (TPSA) is 72.1 Å². The summed E-state index contributed by atoms with van der Waals surface area (Å²) >= 11 is 6.23. The molecule has 3 aromatic carbocycles. The zero-order valence-electron chi connectivity index (χ0n) is 17.2. The van der Waals surface area contributed by atoms with Gasteiger partial charge in [0.15, 0.2) is 11.5 Å². The lowest BCUT2D eigenvalue weighted by Gasteiger charge is -2.29. The van der Waals surface area contributed by atoms with Crippen LogP contribution in [0.15, 0.2) is 72.9 Å². The molecule has 0 spiro atoms. The van der Waals surface area contributed by atoms with E-state index in [1.54, 1.807) is 19.4 Å². The number of methoxy groups -OCH3 is 1. The molecule has 1 aliphatic heterocycles. The van der Waals surface area contributed by atoms with Gasteiger partial charge in [0.25, 0.3) is 0 Å². The van der Waals surface area contributed by atoms with E-state index in [1.807, 2.05) is 65.3 Å². The number of benzene rings is 3. The third-order valence-corrected chi connectivity index (χ3v) is 5.72. The van der Waals surface area contributed by atoms with Crippen LogP contribution in [0, 0.1) is 11.3 Å². The molecule has 0 amide bonds. The Kier molecular flexibility index (Phi) is 5.18. The van der Waals surface area contributed by atoms with Gasteiger partial charge < -0.3 is 14.8 Å². The van der Waals surface area contributed by atoms with E-state index in [4.69, 9.17) is 21.1 Å². The number of anilines is 1. The Hall–Kier alpha value is -3.95. The number of aromatic nitrogens is 2. The van der Waals surface area contributed by atoms with Crippen LogP contribution in [0.2, 0.25) is 5.02 Å². The van der Waals surface area contributed by atoms with Crippen molar-refractivity contribution < 1.29 is 9.47 Å². The highest BCUT2D eigenvalue weighted by atomic mass is 35.5. The largest absolute Gasteiger partial charge is 0.493 e. The first kappa shape index (κ1) is 20.0. The van der Waals surface area contributed by atoms with Crippen molar-refractivity contribution in [3.05, 3.63) is 94.6 Å². The Labute approximate surface area is 190 Å². The van der Waals surface area contributed by atoms with Crippen LogP contribution in [0.25, 0.3) is 11.3 Å². The number of fused-ring (bicyclic) bond motifs is 3. The highest BCUT2D eigenvalue weighted by Gasteiger charge is 2.26. The lowest BCUT2D eigenvalue weighted by Crippen LogP contribution is -2.25. The van der Waals surface area contributed by atoms with E-state index in [-0.39, 0.29) is 12.8 Å². The summed E-state index contributed by atoms with van der Waals surface area (Å²) in [6.07, 6.45) is 1.56. The molecule has 1 aliphatic rings. The summed E-state index contributed by atoms with van der Waals surface area (Å²) in [5.41, 5.74) is 5.38. The third-order valence-electron chi connectivity index (χ3n) is 5.49. The summed E-state index contributed by atoms with van der Waals surface area (Å²) in [7, 11) is 1.61. The zero-order chi connectivity index (χ0) is 22.1. The van der Waals surface area contributed by atoms with E-state index in [0.717, 1.165) is 28.1 Å². The minimum absolute atomic E-state index is 0.228. The van der Waals surface area contributed by atoms with Gasteiger partial charge in [-0.1, -0.05) is 35.9 Å². The molecule has 1 N–H and O–H groups in total. The van der Waals surface area contributed by atoms with E-state index in [9.17, 15) is 5.26 Å². The molecule has 6 nitrogen and oxygen atoms in total. The van der Waals surface area contributed by atoms with Gasteiger partial charge in [0.2, 0.25) is 0 Å². The van der Waals surface area contributed by atoms with Gasteiger partial charge in [0.05, 0.1) is 24.4 Å². The van der Waals surface area contributed by atoms with Crippen LogP contribution in [0.1, 0.15) is 22.9 Å². The summed E-state index contributed by atoms with van der Waals surface area (Å²) in [6, 6.07) is 23.1. The quantitative estimate of drug-likeness (QED) is 0.433. The first-order chi connectivity index (χ1) is 15.7. The number of nitrogens with one attached hydrogen (secondary N) is 1. The number of nitrogens with zero attached hydrogens (tertiary/aromatic N) is 3. The summed E-state index contributed by atoms with van der Waals surface area (Å²) in [5, 5.41) is 18.0. The van der Waals surface area contributed by atoms with Gasteiger partial charge in [-0.15, -0.1) is 0 Å².